The molecule has 0 spiro atoms. The summed E-state index contributed by atoms with van der Waals surface area (Å²) in [6.45, 7) is 5.24. The molecule has 1 aliphatic heterocycles. The molecule has 2 heterocycles. The molecule has 0 aliphatic carbocycles. The van der Waals surface area contributed by atoms with E-state index in [0.717, 1.165) is 69.5 Å². The molecule has 0 amide bonds. The van der Waals surface area contributed by atoms with Crippen molar-refractivity contribution in [1.82, 2.24) is 9.88 Å². The monoisotopic (exact) mass is 443 g/mol. The Morgan fingerprint density at radius 2 is 1.66 bits per heavy atom. The van der Waals surface area contributed by atoms with Gasteiger partial charge in [-0.05, 0) is 61.7 Å². The van der Waals surface area contributed by atoms with Gasteiger partial charge in [0.05, 0.1) is 5.52 Å². The Morgan fingerprint density at radius 1 is 0.875 bits per heavy atom. The Balaban J connectivity index is 1.13. The largest absolute Gasteiger partial charge is 0.573 e. The highest BCUT2D eigenvalue weighted by Gasteiger charge is 2.30. The maximum Gasteiger partial charge on any atom is 0.573 e. The first-order chi connectivity index (χ1) is 15.5. The summed E-state index contributed by atoms with van der Waals surface area (Å²) in [6.07, 6.45) is 1.34. The summed E-state index contributed by atoms with van der Waals surface area (Å²) in [5.74, 6) is -0.166. The van der Waals surface area contributed by atoms with E-state index in [4.69, 9.17) is 0 Å². The molecular weight excluding hydrogens is 415 g/mol. The standard InChI is InChI=1S/C25H28F3N3O/c26-25(27,28)32-23-11-7-20(8-12-23)5-2-1-3-14-30-15-17-31(18-16-30)22-10-9-21-6-4-13-29-24(21)19-22/h4,6-13,19H,1-3,5,14-18H2. The van der Waals surface area contributed by atoms with Crippen LogP contribution in [0.25, 0.3) is 10.9 Å². The van der Waals surface area contributed by atoms with Crippen LogP contribution in [0.5, 0.6) is 5.75 Å². The number of ether oxygens (including phenoxy) is 1. The van der Waals surface area contributed by atoms with Gasteiger partial charge < -0.3 is 9.64 Å². The fourth-order valence-corrected chi connectivity index (χ4v) is 4.18. The lowest BCUT2D eigenvalue weighted by molar-refractivity contribution is -0.274. The number of rotatable bonds is 8. The Hall–Kier alpha value is -2.80. The molecule has 1 fully saturated rings. The number of pyridine rings is 1. The number of nitrogens with zero attached hydrogens (tertiary/aromatic N) is 3. The number of aromatic nitrogens is 1. The van der Waals surface area contributed by atoms with Crippen molar-refractivity contribution in [3.05, 3.63) is 66.4 Å². The van der Waals surface area contributed by atoms with Gasteiger partial charge in [-0.1, -0.05) is 30.7 Å². The number of alkyl halides is 3. The van der Waals surface area contributed by atoms with Crippen molar-refractivity contribution in [3.63, 3.8) is 0 Å². The molecule has 1 aromatic heterocycles. The summed E-state index contributed by atoms with van der Waals surface area (Å²) in [5, 5.41) is 1.17. The normalized spacial score (nSPS) is 15.3. The maximum absolute atomic E-state index is 12.2. The second-order valence-electron chi connectivity index (χ2n) is 8.21. The molecule has 1 saturated heterocycles. The number of aryl methyl sites for hydroxylation is 1. The molecule has 0 saturated carbocycles. The van der Waals surface area contributed by atoms with Crippen molar-refractivity contribution >= 4 is 16.6 Å². The lowest BCUT2D eigenvalue weighted by Crippen LogP contribution is -2.46. The van der Waals surface area contributed by atoms with Crippen molar-refractivity contribution in [1.29, 1.82) is 0 Å². The summed E-state index contributed by atoms with van der Waals surface area (Å²) in [4.78, 5) is 9.40. The van der Waals surface area contributed by atoms with E-state index in [0.29, 0.717) is 0 Å². The third-order valence-corrected chi connectivity index (χ3v) is 5.92. The molecule has 0 unspecified atom stereocenters. The molecule has 0 radical (unpaired) electrons. The summed E-state index contributed by atoms with van der Waals surface area (Å²) in [7, 11) is 0. The quantitative estimate of drug-likeness (QED) is 0.420. The van der Waals surface area contributed by atoms with Crippen LogP contribution in [0.4, 0.5) is 18.9 Å². The van der Waals surface area contributed by atoms with Crippen LogP contribution in [-0.2, 0) is 6.42 Å². The molecule has 3 aromatic rings. The average Bonchev–Trinajstić information content (AvgIpc) is 2.79. The van der Waals surface area contributed by atoms with Crippen LogP contribution in [0.1, 0.15) is 24.8 Å². The summed E-state index contributed by atoms with van der Waals surface area (Å²) in [6, 6.07) is 16.7. The smallest absolute Gasteiger partial charge is 0.406 e. The number of halogens is 3. The van der Waals surface area contributed by atoms with Gasteiger partial charge in [0.2, 0.25) is 0 Å². The summed E-state index contributed by atoms with van der Waals surface area (Å²) < 4.78 is 40.6. The zero-order chi connectivity index (χ0) is 22.4. The summed E-state index contributed by atoms with van der Waals surface area (Å²) >= 11 is 0. The van der Waals surface area contributed by atoms with Crippen LogP contribution < -0.4 is 9.64 Å². The number of hydrogen-bond donors (Lipinski definition) is 0. The Labute approximate surface area is 186 Å². The fraction of sp³-hybridized carbons (Fsp3) is 0.400. The van der Waals surface area contributed by atoms with Gasteiger partial charge in [0.25, 0.3) is 0 Å². The predicted octanol–water partition coefficient (Wildman–Crippen LogP) is 5.67. The number of benzene rings is 2. The first-order valence-electron chi connectivity index (χ1n) is 11.1. The van der Waals surface area contributed by atoms with Crippen molar-refractivity contribution in [2.75, 3.05) is 37.6 Å². The highest BCUT2D eigenvalue weighted by atomic mass is 19.4. The van der Waals surface area contributed by atoms with Crippen molar-refractivity contribution in [2.45, 2.75) is 32.0 Å². The molecule has 4 nitrogen and oxygen atoms in total. The highest BCUT2D eigenvalue weighted by molar-refractivity contribution is 5.82. The van der Waals surface area contributed by atoms with E-state index >= 15 is 0 Å². The molecular formula is C25H28F3N3O. The van der Waals surface area contributed by atoms with Gasteiger partial charge in [-0.2, -0.15) is 0 Å². The van der Waals surface area contributed by atoms with Gasteiger partial charge in [-0.15, -0.1) is 13.2 Å². The molecule has 32 heavy (non-hydrogen) atoms. The average molecular weight is 444 g/mol. The lowest BCUT2D eigenvalue weighted by Gasteiger charge is -2.36. The molecule has 4 rings (SSSR count). The van der Waals surface area contributed by atoms with Gasteiger partial charge in [-0.25, -0.2) is 0 Å². The van der Waals surface area contributed by atoms with Crippen LogP contribution in [0.2, 0.25) is 0 Å². The van der Waals surface area contributed by atoms with Gasteiger partial charge in [0.15, 0.2) is 0 Å². The molecule has 170 valence electrons. The van der Waals surface area contributed by atoms with Crippen molar-refractivity contribution in [2.24, 2.45) is 0 Å². The Morgan fingerprint density at radius 3 is 2.41 bits per heavy atom. The van der Waals surface area contributed by atoms with E-state index in [1.807, 2.05) is 12.3 Å². The first kappa shape index (κ1) is 22.4. The van der Waals surface area contributed by atoms with Crippen LogP contribution in [0.15, 0.2) is 60.8 Å². The minimum atomic E-state index is -4.64. The van der Waals surface area contributed by atoms with E-state index in [9.17, 15) is 13.2 Å². The number of hydrogen-bond acceptors (Lipinski definition) is 4. The second-order valence-corrected chi connectivity index (χ2v) is 8.21. The third kappa shape index (κ3) is 6.36. The molecule has 2 aromatic carbocycles. The van der Waals surface area contributed by atoms with E-state index in [1.165, 1.54) is 23.2 Å². The zero-order valence-corrected chi connectivity index (χ0v) is 18.0. The van der Waals surface area contributed by atoms with E-state index < -0.39 is 6.36 Å². The predicted molar refractivity (Wildman–Crippen MR) is 121 cm³/mol. The zero-order valence-electron chi connectivity index (χ0n) is 18.0. The Bertz CT molecular complexity index is 999. The number of piperazine rings is 1. The van der Waals surface area contributed by atoms with Crippen LogP contribution in [-0.4, -0.2) is 49.0 Å². The minimum Gasteiger partial charge on any atom is -0.406 e. The van der Waals surface area contributed by atoms with Crippen molar-refractivity contribution < 1.29 is 17.9 Å². The third-order valence-electron chi connectivity index (χ3n) is 5.92. The SMILES string of the molecule is FC(F)(F)Oc1ccc(CCCCCN2CCN(c3ccc4cccnc4c3)CC2)cc1. The molecule has 7 heteroatoms. The summed E-state index contributed by atoms with van der Waals surface area (Å²) in [5.41, 5.74) is 3.32. The minimum absolute atomic E-state index is 0.166. The second kappa shape index (κ2) is 10.2. The van der Waals surface area contributed by atoms with E-state index in [-0.39, 0.29) is 5.75 Å². The molecule has 0 atom stereocenters. The fourth-order valence-electron chi connectivity index (χ4n) is 4.18. The lowest BCUT2D eigenvalue weighted by atomic mass is 10.1. The maximum atomic E-state index is 12.2. The molecule has 1 aliphatic rings. The number of anilines is 1. The Kier molecular flexibility index (Phi) is 7.15. The van der Waals surface area contributed by atoms with Gasteiger partial charge in [-0.3, -0.25) is 9.88 Å². The highest BCUT2D eigenvalue weighted by Crippen LogP contribution is 2.24. The van der Waals surface area contributed by atoms with Crippen LogP contribution >= 0.6 is 0 Å². The topological polar surface area (TPSA) is 28.6 Å². The molecule has 0 N–H and O–H groups in total. The number of fused-ring (bicyclic) bond motifs is 1. The molecule has 0 bridgehead atoms. The van der Waals surface area contributed by atoms with Gasteiger partial charge in [0.1, 0.15) is 5.75 Å². The van der Waals surface area contributed by atoms with Gasteiger partial charge in [0, 0.05) is 43.4 Å². The van der Waals surface area contributed by atoms with Gasteiger partial charge >= 0.3 is 6.36 Å². The number of unbranched alkanes of at least 4 members (excludes halogenated alkanes) is 2. The first-order valence-corrected chi connectivity index (χ1v) is 11.1. The van der Waals surface area contributed by atoms with Crippen molar-refractivity contribution in [3.8, 4) is 5.75 Å². The van der Waals surface area contributed by atoms with E-state index in [2.05, 4.69) is 43.8 Å². The van der Waals surface area contributed by atoms with Crippen LogP contribution in [0, 0.1) is 0 Å². The van der Waals surface area contributed by atoms with Crippen LogP contribution in [0.3, 0.4) is 0 Å². The van der Waals surface area contributed by atoms with E-state index in [1.54, 1.807) is 12.1 Å².